The van der Waals surface area contributed by atoms with Crippen molar-refractivity contribution in [2.75, 3.05) is 0 Å². The van der Waals surface area contributed by atoms with Gasteiger partial charge in [-0.15, -0.1) is 0 Å². The van der Waals surface area contributed by atoms with Gasteiger partial charge in [-0.3, -0.25) is 9.59 Å². The van der Waals surface area contributed by atoms with Gasteiger partial charge in [-0.1, -0.05) is 0 Å². The van der Waals surface area contributed by atoms with Crippen molar-refractivity contribution in [1.29, 1.82) is 0 Å². The zero-order valence-electron chi connectivity index (χ0n) is 7.90. The molecule has 6 heteroatoms. The van der Waals surface area contributed by atoms with Gasteiger partial charge in [0.05, 0.1) is 6.20 Å². The van der Waals surface area contributed by atoms with E-state index >= 15 is 0 Å². The number of aliphatic carboxylic acids is 1. The van der Waals surface area contributed by atoms with Crippen molar-refractivity contribution >= 4 is 11.9 Å². The minimum atomic E-state index is -1.15. The number of rotatable bonds is 3. The van der Waals surface area contributed by atoms with Gasteiger partial charge in [0.15, 0.2) is 0 Å². The largest absolute Gasteiger partial charge is 0.480 e. The van der Waals surface area contributed by atoms with Crippen LogP contribution in [0.15, 0.2) is 18.3 Å². The molecule has 0 spiro atoms. The first-order valence-corrected chi connectivity index (χ1v) is 4.16. The van der Waals surface area contributed by atoms with Crippen LogP contribution in [0.4, 0.5) is 4.39 Å². The van der Waals surface area contributed by atoms with E-state index in [4.69, 9.17) is 5.11 Å². The lowest BCUT2D eigenvalue weighted by molar-refractivity contribution is -0.138. The predicted octanol–water partition coefficient (Wildman–Crippen LogP) is 0.424. The van der Waals surface area contributed by atoms with Crippen LogP contribution in [0, 0.1) is 5.82 Å². The van der Waals surface area contributed by atoms with Crippen LogP contribution in [-0.4, -0.2) is 28.0 Å². The van der Waals surface area contributed by atoms with Gasteiger partial charge in [0.25, 0.3) is 5.91 Å². The van der Waals surface area contributed by atoms with Crippen molar-refractivity contribution in [3.05, 3.63) is 29.8 Å². The molecule has 0 saturated carbocycles. The molecule has 0 bridgehead atoms. The second kappa shape index (κ2) is 4.50. The molecule has 1 atom stereocenters. The molecular formula is C9H9FN2O3. The van der Waals surface area contributed by atoms with Crippen LogP contribution in [0.25, 0.3) is 0 Å². The van der Waals surface area contributed by atoms with Gasteiger partial charge in [-0.05, 0) is 19.1 Å². The maximum absolute atomic E-state index is 12.5. The molecule has 1 aromatic heterocycles. The molecule has 0 saturated heterocycles. The average Bonchev–Trinajstić information content (AvgIpc) is 2.18. The molecule has 15 heavy (non-hydrogen) atoms. The third kappa shape index (κ3) is 3.01. The summed E-state index contributed by atoms with van der Waals surface area (Å²) in [5.41, 5.74) is -0.0236. The maximum atomic E-state index is 12.5. The van der Waals surface area contributed by atoms with E-state index in [0.717, 1.165) is 12.3 Å². The highest BCUT2D eigenvalue weighted by Crippen LogP contribution is 1.98. The summed E-state index contributed by atoms with van der Waals surface area (Å²) in [7, 11) is 0. The molecule has 1 rings (SSSR count). The molecule has 0 radical (unpaired) electrons. The van der Waals surface area contributed by atoms with E-state index in [0.29, 0.717) is 0 Å². The molecule has 1 amide bonds. The summed E-state index contributed by atoms with van der Waals surface area (Å²) >= 11 is 0. The van der Waals surface area contributed by atoms with Gasteiger partial charge in [0.1, 0.15) is 17.6 Å². The normalized spacial score (nSPS) is 11.9. The first kappa shape index (κ1) is 11.1. The second-order valence-electron chi connectivity index (χ2n) is 2.90. The van der Waals surface area contributed by atoms with E-state index < -0.39 is 23.7 Å². The number of hydrogen-bond donors (Lipinski definition) is 2. The number of carbonyl (C=O) groups excluding carboxylic acids is 1. The fourth-order valence-electron chi connectivity index (χ4n) is 0.842. The Bertz CT molecular complexity index is 377. The van der Waals surface area contributed by atoms with Crippen molar-refractivity contribution in [2.24, 2.45) is 0 Å². The summed E-state index contributed by atoms with van der Waals surface area (Å²) in [5.74, 6) is -2.35. The standard InChI is InChI=1S/C9H9FN2O3/c1-5(9(14)15)12-8(13)7-3-2-6(10)4-11-7/h2-5H,1H3,(H,12,13)(H,14,15). The molecule has 5 nitrogen and oxygen atoms in total. The smallest absolute Gasteiger partial charge is 0.325 e. The van der Waals surface area contributed by atoms with Gasteiger partial charge in [-0.2, -0.15) is 0 Å². The highest BCUT2D eigenvalue weighted by molar-refractivity contribution is 5.94. The average molecular weight is 212 g/mol. The highest BCUT2D eigenvalue weighted by atomic mass is 19.1. The lowest BCUT2D eigenvalue weighted by Crippen LogP contribution is -2.38. The second-order valence-corrected chi connectivity index (χ2v) is 2.90. The van der Waals surface area contributed by atoms with E-state index in [2.05, 4.69) is 10.3 Å². The van der Waals surface area contributed by atoms with E-state index in [9.17, 15) is 14.0 Å². The number of halogens is 1. The van der Waals surface area contributed by atoms with Crippen LogP contribution in [-0.2, 0) is 4.79 Å². The predicted molar refractivity (Wildman–Crippen MR) is 48.8 cm³/mol. The minimum Gasteiger partial charge on any atom is -0.480 e. The molecule has 0 aromatic carbocycles. The Morgan fingerprint density at radius 1 is 1.53 bits per heavy atom. The van der Waals surface area contributed by atoms with Gasteiger partial charge >= 0.3 is 5.97 Å². The van der Waals surface area contributed by atoms with Crippen molar-refractivity contribution in [3.63, 3.8) is 0 Å². The van der Waals surface area contributed by atoms with E-state index in [1.807, 2.05) is 0 Å². The fourth-order valence-corrected chi connectivity index (χ4v) is 0.842. The molecule has 0 aliphatic carbocycles. The zero-order chi connectivity index (χ0) is 11.4. The number of carboxylic acid groups (broad SMARTS) is 1. The van der Waals surface area contributed by atoms with Crippen molar-refractivity contribution < 1.29 is 19.1 Å². The molecule has 1 aromatic rings. The number of pyridine rings is 1. The van der Waals surface area contributed by atoms with Gasteiger partial charge in [-0.25, -0.2) is 9.37 Å². The Morgan fingerprint density at radius 3 is 2.67 bits per heavy atom. The number of hydrogen-bond acceptors (Lipinski definition) is 3. The Balaban J connectivity index is 2.69. The molecule has 80 valence electrons. The van der Waals surface area contributed by atoms with Gasteiger partial charge < -0.3 is 10.4 Å². The van der Waals surface area contributed by atoms with Crippen LogP contribution in [0.2, 0.25) is 0 Å². The molecule has 0 aliphatic rings. The first-order valence-electron chi connectivity index (χ1n) is 4.16. The zero-order valence-corrected chi connectivity index (χ0v) is 7.90. The first-order chi connectivity index (χ1) is 7.00. The van der Waals surface area contributed by atoms with Crippen molar-refractivity contribution in [1.82, 2.24) is 10.3 Å². The number of carbonyl (C=O) groups is 2. The Hall–Kier alpha value is -1.98. The molecular weight excluding hydrogens is 203 g/mol. The third-order valence-corrected chi connectivity index (χ3v) is 1.68. The third-order valence-electron chi connectivity index (χ3n) is 1.68. The van der Waals surface area contributed by atoms with Crippen LogP contribution in [0.5, 0.6) is 0 Å². The Kier molecular flexibility index (Phi) is 3.33. The molecule has 1 unspecified atom stereocenters. The molecule has 0 fully saturated rings. The SMILES string of the molecule is CC(NC(=O)c1ccc(F)cn1)C(=O)O. The topological polar surface area (TPSA) is 79.3 Å². The summed E-state index contributed by atoms with van der Waals surface area (Å²) in [5, 5.41) is 10.7. The molecule has 2 N–H and O–H groups in total. The fraction of sp³-hybridized carbons (Fsp3) is 0.222. The van der Waals surface area contributed by atoms with Crippen LogP contribution < -0.4 is 5.32 Å². The van der Waals surface area contributed by atoms with Crippen molar-refractivity contribution in [3.8, 4) is 0 Å². The number of carboxylic acids is 1. The van der Waals surface area contributed by atoms with Gasteiger partial charge in [0, 0.05) is 0 Å². The molecule has 0 aliphatic heterocycles. The number of nitrogens with one attached hydrogen (secondary N) is 1. The Morgan fingerprint density at radius 2 is 2.20 bits per heavy atom. The van der Waals surface area contributed by atoms with Gasteiger partial charge in [0.2, 0.25) is 0 Å². The Labute approximate surface area is 84.9 Å². The van der Waals surface area contributed by atoms with Crippen LogP contribution in [0.3, 0.4) is 0 Å². The summed E-state index contributed by atoms with van der Waals surface area (Å²) in [6.45, 7) is 1.32. The molecule has 1 heterocycles. The number of aromatic nitrogens is 1. The monoisotopic (exact) mass is 212 g/mol. The highest BCUT2D eigenvalue weighted by Gasteiger charge is 2.15. The maximum Gasteiger partial charge on any atom is 0.325 e. The lowest BCUT2D eigenvalue weighted by Gasteiger charge is -2.08. The van der Waals surface area contributed by atoms with E-state index in [1.165, 1.54) is 13.0 Å². The summed E-state index contributed by atoms with van der Waals surface area (Å²) in [4.78, 5) is 25.2. The summed E-state index contributed by atoms with van der Waals surface area (Å²) < 4.78 is 12.5. The van der Waals surface area contributed by atoms with Crippen LogP contribution >= 0.6 is 0 Å². The number of amides is 1. The van der Waals surface area contributed by atoms with E-state index in [1.54, 1.807) is 0 Å². The quantitative estimate of drug-likeness (QED) is 0.761. The lowest BCUT2D eigenvalue weighted by atomic mass is 10.3. The summed E-state index contributed by atoms with van der Waals surface area (Å²) in [6.07, 6.45) is 0.889. The van der Waals surface area contributed by atoms with E-state index in [-0.39, 0.29) is 5.69 Å². The van der Waals surface area contributed by atoms with Crippen LogP contribution in [0.1, 0.15) is 17.4 Å². The summed E-state index contributed by atoms with van der Waals surface area (Å²) in [6, 6.07) is 1.25. The number of nitrogens with zero attached hydrogens (tertiary/aromatic N) is 1. The van der Waals surface area contributed by atoms with Crippen molar-refractivity contribution in [2.45, 2.75) is 13.0 Å². The minimum absolute atomic E-state index is 0.0236.